The zero-order valence-corrected chi connectivity index (χ0v) is 10.1. The first-order valence-electron chi connectivity index (χ1n) is 5.89. The SMILES string of the molecule is Nc1ccc(C(=O)CCc2ccccc2)cc1N. The van der Waals surface area contributed by atoms with E-state index in [2.05, 4.69) is 0 Å². The first-order chi connectivity index (χ1) is 8.66. The molecule has 0 atom stereocenters. The van der Waals surface area contributed by atoms with Gasteiger partial charge in [-0.1, -0.05) is 30.3 Å². The molecule has 0 heterocycles. The van der Waals surface area contributed by atoms with Crippen molar-refractivity contribution in [2.75, 3.05) is 11.5 Å². The lowest BCUT2D eigenvalue weighted by atomic mass is 10.0. The normalized spacial score (nSPS) is 10.2. The predicted molar refractivity (Wildman–Crippen MR) is 74.4 cm³/mol. The van der Waals surface area contributed by atoms with E-state index in [-0.39, 0.29) is 5.78 Å². The molecule has 2 aromatic carbocycles. The van der Waals surface area contributed by atoms with E-state index in [4.69, 9.17) is 11.5 Å². The van der Waals surface area contributed by atoms with E-state index in [0.717, 1.165) is 12.0 Å². The van der Waals surface area contributed by atoms with Gasteiger partial charge >= 0.3 is 0 Å². The van der Waals surface area contributed by atoms with Crippen LogP contribution in [-0.4, -0.2) is 5.78 Å². The number of rotatable bonds is 4. The lowest BCUT2D eigenvalue weighted by Crippen LogP contribution is -2.03. The second-order valence-corrected chi connectivity index (χ2v) is 4.25. The molecule has 0 amide bonds. The molecule has 92 valence electrons. The summed E-state index contributed by atoms with van der Waals surface area (Å²) < 4.78 is 0. The molecule has 0 spiro atoms. The van der Waals surface area contributed by atoms with Crippen LogP contribution in [-0.2, 0) is 6.42 Å². The Kier molecular flexibility index (Phi) is 3.63. The highest BCUT2D eigenvalue weighted by atomic mass is 16.1. The zero-order valence-electron chi connectivity index (χ0n) is 10.1. The van der Waals surface area contributed by atoms with Gasteiger partial charge in [0.15, 0.2) is 5.78 Å². The summed E-state index contributed by atoms with van der Waals surface area (Å²) >= 11 is 0. The van der Waals surface area contributed by atoms with Crippen molar-refractivity contribution in [1.29, 1.82) is 0 Å². The van der Waals surface area contributed by atoms with Crippen molar-refractivity contribution in [3.8, 4) is 0 Å². The molecule has 0 radical (unpaired) electrons. The van der Waals surface area contributed by atoms with E-state index in [9.17, 15) is 4.79 Å². The number of anilines is 2. The fourth-order valence-corrected chi connectivity index (χ4v) is 1.80. The van der Waals surface area contributed by atoms with Crippen molar-refractivity contribution in [3.05, 3.63) is 59.7 Å². The summed E-state index contributed by atoms with van der Waals surface area (Å²) in [5, 5.41) is 0. The van der Waals surface area contributed by atoms with Gasteiger partial charge in [0.25, 0.3) is 0 Å². The number of benzene rings is 2. The third kappa shape index (κ3) is 2.88. The molecule has 0 bridgehead atoms. The molecular weight excluding hydrogens is 224 g/mol. The minimum Gasteiger partial charge on any atom is -0.397 e. The minimum absolute atomic E-state index is 0.0885. The van der Waals surface area contributed by atoms with E-state index in [1.165, 1.54) is 0 Å². The molecule has 0 aliphatic heterocycles. The van der Waals surface area contributed by atoms with Crippen LogP contribution in [0.25, 0.3) is 0 Å². The van der Waals surface area contributed by atoms with Crippen LogP contribution in [0.1, 0.15) is 22.3 Å². The number of aryl methyl sites for hydroxylation is 1. The molecule has 0 aliphatic carbocycles. The van der Waals surface area contributed by atoms with E-state index < -0.39 is 0 Å². The molecule has 4 N–H and O–H groups in total. The van der Waals surface area contributed by atoms with Gasteiger partial charge < -0.3 is 11.5 Å². The van der Waals surface area contributed by atoms with Crippen molar-refractivity contribution >= 4 is 17.2 Å². The Balaban J connectivity index is 2.02. The van der Waals surface area contributed by atoms with Gasteiger partial charge in [0.2, 0.25) is 0 Å². The summed E-state index contributed by atoms with van der Waals surface area (Å²) in [7, 11) is 0. The summed E-state index contributed by atoms with van der Waals surface area (Å²) in [6, 6.07) is 15.0. The largest absolute Gasteiger partial charge is 0.397 e. The maximum absolute atomic E-state index is 12.0. The molecule has 0 saturated carbocycles. The molecule has 0 fully saturated rings. The summed E-state index contributed by atoms with van der Waals surface area (Å²) in [6.45, 7) is 0. The molecule has 2 rings (SSSR count). The molecule has 2 aromatic rings. The van der Waals surface area contributed by atoms with Gasteiger partial charge in [-0.05, 0) is 30.2 Å². The Bertz CT molecular complexity index is 550. The zero-order chi connectivity index (χ0) is 13.0. The summed E-state index contributed by atoms with van der Waals surface area (Å²) in [6.07, 6.45) is 1.22. The van der Waals surface area contributed by atoms with Gasteiger partial charge in [0.1, 0.15) is 0 Å². The van der Waals surface area contributed by atoms with Crippen LogP contribution in [0.2, 0.25) is 0 Å². The molecule has 3 heteroatoms. The van der Waals surface area contributed by atoms with Crippen molar-refractivity contribution in [2.45, 2.75) is 12.8 Å². The van der Waals surface area contributed by atoms with Gasteiger partial charge in [-0.2, -0.15) is 0 Å². The highest BCUT2D eigenvalue weighted by molar-refractivity contribution is 5.97. The number of nitrogens with two attached hydrogens (primary N) is 2. The molecule has 0 aliphatic rings. The Hall–Kier alpha value is -2.29. The van der Waals surface area contributed by atoms with Crippen LogP contribution >= 0.6 is 0 Å². The second kappa shape index (κ2) is 5.36. The first-order valence-corrected chi connectivity index (χ1v) is 5.89. The maximum Gasteiger partial charge on any atom is 0.163 e. The third-order valence-electron chi connectivity index (χ3n) is 2.89. The first kappa shape index (κ1) is 12.2. The maximum atomic E-state index is 12.0. The second-order valence-electron chi connectivity index (χ2n) is 4.25. The standard InChI is InChI=1S/C15H16N2O/c16-13-8-7-12(10-14(13)17)15(18)9-6-11-4-2-1-3-5-11/h1-5,7-8,10H,6,9,16-17H2. The Morgan fingerprint density at radius 3 is 2.33 bits per heavy atom. The number of hydrogen-bond acceptors (Lipinski definition) is 3. The van der Waals surface area contributed by atoms with Crippen LogP contribution in [0.5, 0.6) is 0 Å². The number of hydrogen-bond donors (Lipinski definition) is 2. The molecular formula is C15H16N2O. The van der Waals surface area contributed by atoms with Crippen LogP contribution in [0, 0.1) is 0 Å². The number of carbonyl (C=O) groups is 1. The summed E-state index contributed by atoms with van der Waals surface area (Å²) in [5.41, 5.74) is 14.1. The van der Waals surface area contributed by atoms with Crippen molar-refractivity contribution in [1.82, 2.24) is 0 Å². The van der Waals surface area contributed by atoms with Gasteiger partial charge in [-0.15, -0.1) is 0 Å². The summed E-state index contributed by atoms with van der Waals surface area (Å²) in [5.74, 6) is 0.0885. The van der Waals surface area contributed by atoms with Crippen LogP contribution in [0.15, 0.2) is 48.5 Å². The smallest absolute Gasteiger partial charge is 0.163 e. The highest BCUT2D eigenvalue weighted by Gasteiger charge is 2.07. The topological polar surface area (TPSA) is 69.1 Å². The number of carbonyl (C=O) groups excluding carboxylic acids is 1. The van der Waals surface area contributed by atoms with Gasteiger partial charge in [0, 0.05) is 12.0 Å². The van der Waals surface area contributed by atoms with E-state index in [1.807, 2.05) is 30.3 Å². The predicted octanol–water partition coefficient (Wildman–Crippen LogP) is 2.67. The van der Waals surface area contributed by atoms with Gasteiger partial charge in [-0.25, -0.2) is 0 Å². The molecule has 3 nitrogen and oxygen atoms in total. The third-order valence-corrected chi connectivity index (χ3v) is 2.89. The van der Waals surface area contributed by atoms with E-state index >= 15 is 0 Å². The lowest BCUT2D eigenvalue weighted by Gasteiger charge is -2.04. The highest BCUT2D eigenvalue weighted by Crippen LogP contribution is 2.17. The van der Waals surface area contributed by atoms with Crippen LogP contribution in [0.4, 0.5) is 11.4 Å². The molecule has 18 heavy (non-hydrogen) atoms. The van der Waals surface area contributed by atoms with Gasteiger partial charge in [0.05, 0.1) is 11.4 Å². The van der Waals surface area contributed by atoms with Crippen LogP contribution < -0.4 is 11.5 Å². The lowest BCUT2D eigenvalue weighted by molar-refractivity contribution is 0.0983. The quantitative estimate of drug-likeness (QED) is 0.637. The monoisotopic (exact) mass is 240 g/mol. The van der Waals surface area contributed by atoms with Crippen molar-refractivity contribution in [3.63, 3.8) is 0 Å². The average Bonchev–Trinajstić information content (AvgIpc) is 2.40. The number of Topliss-reactive ketones (excluding diaryl/α,β-unsaturated/α-hetero) is 1. The fourth-order valence-electron chi connectivity index (χ4n) is 1.80. The molecule has 0 unspecified atom stereocenters. The molecule has 0 saturated heterocycles. The Morgan fingerprint density at radius 1 is 0.944 bits per heavy atom. The summed E-state index contributed by atoms with van der Waals surface area (Å²) in [4.78, 5) is 12.0. The van der Waals surface area contributed by atoms with Crippen molar-refractivity contribution in [2.24, 2.45) is 0 Å². The molecule has 0 aromatic heterocycles. The van der Waals surface area contributed by atoms with Crippen molar-refractivity contribution < 1.29 is 4.79 Å². The Morgan fingerprint density at radius 2 is 1.67 bits per heavy atom. The van der Waals surface area contributed by atoms with E-state index in [1.54, 1.807) is 18.2 Å². The van der Waals surface area contributed by atoms with E-state index in [0.29, 0.717) is 23.4 Å². The number of nitrogen functional groups attached to an aromatic ring is 2. The number of ketones is 1. The minimum atomic E-state index is 0.0885. The fraction of sp³-hybridized carbons (Fsp3) is 0.133. The average molecular weight is 240 g/mol. The van der Waals surface area contributed by atoms with Crippen LogP contribution in [0.3, 0.4) is 0 Å². The Labute approximate surface area is 106 Å². The van der Waals surface area contributed by atoms with Gasteiger partial charge in [-0.3, -0.25) is 4.79 Å².